The molecule has 5 heteroatoms. The van der Waals surface area contributed by atoms with Crippen molar-refractivity contribution < 1.29 is 9.53 Å². The van der Waals surface area contributed by atoms with E-state index in [1.165, 1.54) is 0 Å². The van der Waals surface area contributed by atoms with Gasteiger partial charge in [0.25, 0.3) is 5.91 Å². The second-order valence-corrected chi connectivity index (χ2v) is 4.83. The molecule has 5 nitrogen and oxygen atoms in total. The number of nitrogens with zero attached hydrogens (tertiary/aromatic N) is 2. The molecule has 1 amide bonds. The Morgan fingerprint density at radius 3 is 3.20 bits per heavy atom. The summed E-state index contributed by atoms with van der Waals surface area (Å²) in [6, 6.07) is 1.77. The minimum Gasteiger partial charge on any atom is -0.384 e. The Kier molecular flexibility index (Phi) is 5.10. The second kappa shape index (κ2) is 7.04. The van der Waals surface area contributed by atoms with Gasteiger partial charge < -0.3 is 15.4 Å². The molecule has 2 N–H and O–H groups in total. The number of likely N-dealkylation sites (tertiary alicyclic amines) is 1. The Hall–Kier alpha value is -1.90. The first-order chi connectivity index (χ1) is 9.74. The summed E-state index contributed by atoms with van der Waals surface area (Å²) >= 11 is 0. The largest absolute Gasteiger partial charge is 0.384 e. The summed E-state index contributed by atoms with van der Waals surface area (Å²) in [7, 11) is 1.69. The topological polar surface area (TPSA) is 68.5 Å². The summed E-state index contributed by atoms with van der Waals surface area (Å²) < 4.78 is 5.14. The van der Waals surface area contributed by atoms with Gasteiger partial charge in [0.1, 0.15) is 0 Å². The number of pyridine rings is 1. The van der Waals surface area contributed by atoms with Crippen LogP contribution < -0.4 is 5.73 Å². The predicted molar refractivity (Wildman–Crippen MR) is 76.1 cm³/mol. The lowest BCUT2D eigenvalue weighted by atomic mass is 10.1. The molecule has 0 radical (unpaired) electrons. The van der Waals surface area contributed by atoms with Crippen LogP contribution in [0.5, 0.6) is 0 Å². The van der Waals surface area contributed by atoms with Crippen molar-refractivity contribution in [3.63, 3.8) is 0 Å². The van der Waals surface area contributed by atoms with Crippen LogP contribution in [-0.2, 0) is 4.74 Å². The highest BCUT2D eigenvalue weighted by molar-refractivity contribution is 5.94. The van der Waals surface area contributed by atoms with Crippen LogP contribution in [0.2, 0.25) is 0 Å². The average Bonchev–Trinajstić information content (AvgIpc) is 2.93. The first kappa shape index (κ1) is 14.5. The zero-order chi connectivity index (χ0) is 14.4. The maximum Gasteiger partial charge on any atom is 0.255 e. The molecular formula is C15H19N3O2. The molecule has 1 aliphatic rings. The molecule has 2 rings (SSSR count). The van der Waals surface area contributed by atoms with Crippen LogP contribution in [-0.4, -0.2) is 49.1 Å². The number of hydrogen-bond acceptors (Lipinski definition) is 4. The minimum absolute atomic E-state index is 0.00695. The molecule has 0 saturated carbocycles. The molecule has 1 fully saturated rings. The van der Waals surface area contributed by atoms with Crippen LogP contribution in [0.25, 0.3) is 0 Å². The number of carbonyl (C=O) groups is 1. The number of carbonyl (C=O) groups excluding carboxylic acids is 1. The number of aromatic nitrogens is 1. The standard InChI is InChI=1S/C15H19N3O2/c1-20-11-13-4-6-18(10-13)15(19)14-7-12(3-2-5-16)8-17-9-14/h7-9,13H,4-6,10-11,16H2,1H3. The van der Waals surface area contributed by atoms with Crippen molar-refractivity contribution in [1.82, 2.24) is 9.88 Å². The highest BCUT2D eigenvalue weighted by Crippen LogP contribution is 2.18. The van der Waals surface area contributed by atoms with Crippen LogP contribution in [0.3, 0.4) is 0 Å². The third-order valence-corrected chi connectivity index (χ3v) is 3.30. The Morgan fingerprint density at radius 1 is 1.60 bits per heavy atom. The van der Waals surface area contributed by atoms with Crippen LogP contribution >= 0.6 is 0 Å². The molecule has 0 aliphatic carbocycles. The van der Waals surface area contributed by atoms with Crippen molar-refractivity contribution in [2.45, 2.75) is 6.42 Å². The molecule has 1 aromatic rings. The number of amides is 1. The SMILES string of the molecule is COCC1CCN(C(=O)c2cncc(C#CCN)c2)C1. The van der Waals surface area contributed by atoms with Gasteiger partial charge in [-0.15, -0.1) is 0 Å². The molecule has 0 bridgehead atoms. The Balaban J connectivity index is 2.06. The van der Waals surface area contributed by atoms with E-state index in [9.17, 15) is 4.79 Å². The minimum atomic E-state index is 0.00695. The lowest BCUT2D eigenvalue weighted by Gasteiger charge is -2.16. The van der Waals surface area contributed by atoms with E-state index < -0.39 is 0 Å². The Bertz CT molecular complexity index is 533. The monoisotopic (exact) mass is 273 g/mol. The average molecular weight is 273 g/mol. The Morgan fingerprint density at radius 2 is 2.45 bits per heavy atom. The summed E-state index contributed by atoms with van der Waals surface area (Å²) in [6.45, 7) is 2.50. The molecule has 106 valence electrons. The lowest BCUT2D eigenvalue weighted by molar-refractivity contribution is 0.0775. The third-order valence-electron chi connectivity index (χ3n) is 3.30. The molecule has 1 saturated heterocycles. The van der Waals surface area contributed by atoms with Gasteiger partial charge in [0, 0.05) is 44.1 Å². The predicted octanol–water partition coefficient (Wildman–Crippen LogP) is 0.500. The van der Waals surface area contributed by atoms with Gasteiger partial charge in [-0.1, -0.05) is 11.8 Å². The van der Waals surface area contributed by atoms with E-state index in [0.29, 0.717) is 30.2 Å². The second-order valence-electron chi connectivity index (χ2n) is 4.83. The van der Waals surface area contributed by atoms with Gasteiger partial charge in [-0.25, -0.2) is 0 Å². The number of rotatable bonds is 3. The van der Waals surface area contributed by atoms with E-state index >= 15 is 0 Å². The zero-order valence-electron chi connectivity index (χ0n) is 11.6. The van der Waals surface area contributed by atoms with E-state index in [-0.39, 0.29) is 5.91 Å². The quantitative estimate of drug-likeness (QED) is 0.814. The molecule has 0 aromatic carbocycles. The van der Waals surface area contributed by atoms with Crippen molar-refractivity contribution in [2.24, 2.45) is 11.7 Å². The van der Waals surface area contributed by atoms with Crippen LogP contribution in [0.4, 0.5) is 0 Å². The summed E-state index contributed by atoms with van der Waals surface area (Å²) in [6.07, 6.45) is 4.20. The summed E-state index contributed by atoms with van der Waals surface area (Å²) in [5.41, 5.74) is 6.63. The van der Waals surface area contributed by atoms with E-state index in [0.717, 1.165) is 19.5 Å². The van der Waals surface area contributed by atoms with Gasteiger partial charge in [0.2, 0.25) is 0 Å². The number of nitrogens with two attached hydrogens (primary N) is 1. The zero-order valence-corrected chi connectivity index (χ0v) is 11.6. The molecule has 0 spiro atoms. The normalized spacial score (nSPS) is 17.7. The van der Waals surface area contributed by atoms with Crippen LogP contribution in [0, 0.1) is 17.8 Å². The third kappa shape index (κ3) is 3.56. The van der Waals surface area contributed by atoms with Crippen molar-refractivity contribution in [3.05, 3.63) is 29.6 Å². The van der Waals surface area contributed by atoms with E-state index in [2.05, 4.69) is 16.8 Å². The molecule has 1 atom stereocenters. The smallest absolute Gasteiger partial charge is 0.255 e. The fourth-order valence-electron chi connectivity index (χ4n) is 2.35. The number of methoxy groups -OCH3 is 1. The first-order valence-corrected chi connectivity index (χ1v) is 6.66. The van der Waals surface area contributed by atoms with Crippen LogP contribution in [0.1, 0.15) is 22.3 Å². The molecule has 20 heavy (non-hydrogen) atoms. The highest BCUT2D eigenvalue weighted by Gasteiger charge is 2.26. The molecule has 1 aliphatic heterocycles. The fraction of sp³-hybridized carbons (Fsp3) is 0.467. The highest BCUT2D eigenvalue weighted by atomic mass is 16.5. The van der Waals surface area contributed by atoms with Gasteiger partial charge in [0.05, 0.1) is 18.7 Å². The Labute approximate surface area is 119 Å². The van der Waals surface area contributed by atoms with Crippen molar-refractivity contribution in [2.75, 3.05) is 33.4 Å². The summed E-state index contributed by atoms with van der Waals surface area (Å²) in [5, 5.41) is 0. The van der Waals surface area contributed by atoms with Gasteiger partial charge >= 0.3 is 0 Å². The fourth-order valence-corrected chi connectivity index (χ4v) is 2.35. The van der Waals surface area contributed by atoms with Gasteiger partial charge in [-0.2, -0.15) is 0 Å². The van der Waals surface area contributed by atoms with Gasteiger partial charge in [0.15, 0.2) is 0 Å². The molecule has 1 unspecified atom stereocenters. The van der Waals surface area contributed by atoms with Gasteiger partial charge in [-0.05, 0) is 12.5 Å². The summed E-state index contributed by atoms with van der Waals surface area (Å²) in [5.74, 6) is 6.09. The number of hydrogen-bond donors (Lipinski definition) is 1. The van der Waals surface area contributed by atoms with E-state index in [4.69, 9.17) is 10.5 Å². The maximum absolute atomic E-state index is 12.4. The number of ether oxygens (including phenoxy) is 1. The van der Waals surface area contributed by atoms with Crippen molar-refractivity contribution >= 4 is 5.91 Å². The first-order valence-electron chi connectivity index (χ1n) is 6.66. The molecule has 1 aromatic heterocycles. The maximum atomic E-state index is 12.4. The van der Waals surface area contributed by atoms with E-state index in [1.807, 2.05) is 4.90 Å². The molecular weight excluding hydrogens is 254 g/mol. The van der Waals surface area contributed by atoms with Crippen molar-refractivity contribution in [1.29, 1.82) is 0 Å². The molecule has 2 heterocycles. The van der Waals surface area contributed by atoms with Crippen LogP contribution in [0.15, 0.2) is 18.5 Å². The lowest BCUT2D eigenvalue weighted by Crippen LogP contribution is -2.29. The summed E-state index contributed by atoms with van der Waals surface area (Å²) in [4.78, 5) is 18.3. The van der Waals surface area contributed by atoms with Gasteiger partial charge in [-0.3, -0.25) is 9.78 Å². The van der Waals surface area contributed by atoms with Crippen molar-refractivity contribution in [3.8, 4) is 11.8 Å². The van der Waals surface area contributed by atoms with E-state index in [1.54, 1.807) is 25.6 Å².